The van der Waals surface area contributed by atoms with Gasteiger partial charge in [-0.05, 0) is 110 Å². The molecule has 0 bridgehead atoms. The fraction of sp³-hybridized carbons (Fsp3) is 0.760. The topological polar surface area (TPSA) is 38.0 Å². The molecule has 0 heterocycles. The molecule has 4 aliphatic carbocycles. The Morgan fingerprint density at radius 2 is 1.74 bits per heavy atom. The van der Waals surface area contributed by atoms with Crippen LogP contribution in [-0.4, -0.2) is 12.1 Å². The monoisotopic (exact) mass is 366 g/mol. The molecule has 0 aromatic heterocycles. The predicted octanol–water partition coefficient (Wildman–Crippen LogP) is 5.93. The van der Waals surface area contributed by atoms with Crippen LogP contribution in [0.2, 0.25) is 0 Å². The van der Waals surface area contributed by atoms with Crippen LogP contribution in [0.3, 0.4) is 0 Å². The summed E-state index contributed by atoms with van der Waals surface area (Å²) >= 11 is 0. The van der Waals surface area contributed by atoms with E-state index in [1.807, 2.05) is 0 Å². The Balaban J connectivity index is 1.10. The summed E-state index contributed by atoms with van der Waals surface area (Å²) in [5.41, 5.74) is 9.33. The Kier molecular flexibility index (Phi) is 4.54. The lowest BCUT2D eigenvalue weighted by molar-refractivity contribution is 0.111. The first kappa shape index (κ1) is 18.0. The zero-order valence-electron chi connectivity index (χ0n) is 17.3. The molecule has 1 aromatic rings. The normalized spacial score (nSPS) is 45.4. The van der Waals surface area contributed by atoms with Crippen LogP contribution in [0.25, 0.3) is 0 Å². The Morgan fingerprint density at radius 1 is 1.04 bits per heavy atom. The van der Waals surface area contributed by atoms with Crippen LogP contribution in [0.1, 0.15) is 83.1 Å². The van der Waals surface area contributed by atoms with Gasteiger partial charge in [-0.3, -0.25) is 0 Å². The van der Waals surface area contributed by atoms with Crippen LogP contribution in [-0.2, 0) is 0 Å². The molecule has 0 aliphatic heterocycles. The first-order valence-electron chi connectivity index (χ1n) is 11.6. The molecule has 0 saturated heterocycles. The maximum Gasteiger partial charge on any atom is 0.0342 e. The van der Waals surface area contributed by atoms with Gasteiger partial charge in [0.1, 0.15) is 0 Å². The van der Waals surface area contributed by atoms with Gasteiger partial charge in [0.15, 0.2) is 0 Å². The largest absolute Gasteiger partial charge is 0.382 e. The van der Waals surface area contributed by atoms with Gasteiger partial charge in [0.25, 0.3) is 0 Å². The second-order valence-corrected chi connectivity index (χ2v) is 10.9. The third-order valence-corrected chi connectivity index (χ3v) is 8.99. The van der Waals surface area contributed by atoms with E-state index in [9.17, 15) is 0 Å². The molecule has 1 aromatic carbocycles. The zero-order valence-corrected chi connectivity index (χ0v) is 17.3. The van der Waals surface area contributed by atoms with Crippen LogP contribution in [0.4, 0.5) is 5.69 Å². The number of hydrogen-bond donors (Lipinski definition) is 2. The number of rotatable bonds is 6. The highest BCUT2D eigenvalue weighted by Gasteiger charge is 2.58. The maximum atomic E-state index is 5.89. The number of benzene rings is 1. The van der Waals surface area contributed by atoms with E-state index in [2.05, 4.69) is 43.4 Å². The standard InChI is InChI=1S/C25H38N2/c1-16-22(24-15-23(16)24)9-12-25(2)10-7-18(8-11-25)17-3-5-20(6-4-17)27-21-13-19(26)14-21/h3-6,16,18-19,21-24,27H,7-15,26H2,1-2H3. The van der Waals surface area contributed by atoms with Crippen molar-refractivity contribution >= 4 is 5.69 Å². The molecule has 0 amide bonds. The third kappa shape index (κ3) is 3.55. The van der Waals surface area contributed by atoms with Crippen molar-refractivity contribution in [1.29, 1.82) is 0 Å². The van der Waals surface area contributed by atoms with Crippen molar-refractivity contribution in [3.63, 3.8) is 0 Å². The number of nitrogens with one attached hydrogen (secondary N) is 1. The van der Waals surface area contributed by atoms with Crippen molar-refractivity contribution in [3.05, 3.63) is 29.8 Å². The second-order valence-electron chi connectivity index (χ2n) is 10.9. The average Bonchev–Trinajstić information content (AvgIpc) is 3.37. The van der Waals surface area contributed by atoms with E-state index in [0.717, 1.165) is 42.4 Å². The van der Waals surface area contributed by atoms with Crippen molar-refractivity contribution < 1.29 is 0 Å². The Bertz CT molecular complexity index is 651. The van der Waals surface area contributed by atoms with Crippen molar-refractivity contribution in [2.24, 2.45) is 34.8 Å². The lowest BCUT2D eigenvalue weighted by Gasteiger charge is -2.41. The molecule has 4 unspecified atom stereocenters. The van der Waals surface area contributed by atoms with Crippen molar-refractivity contribution in [1.82, 2.24) is 0 Å². The molecular formula is C25H38N2. The van der Waals surface area contributed by atoms with Crippen LogP contribution >= 0.6 is 0 Å². The van der Waals surface area contributed by atoms with Gasteiger partial charge < -0.3 is 11.1 Å². The zero-order chi connectivity index (χ0) is 18.6. The maximum absolute atomic E-state index is 5.89. The number of nitrogens with two attached hydrogens (primary N) is 1. The highest BCUT2D eigenvalue weighted by molar-refractivity contribution is 5.46. The molecular weight excluding hydrogens is 328 g/mol. The van der Waals surface area contributed by atoms with E-state index in [4.69, 9.17) is 5.73 Å². The smallest absolute Gasteiger partial charge is 0.0342 e. The summed E-state index contributed by atoms with van der Waals surface area (Å²) in [6.07, 6.45) is 12.4. The fourth-order valence-electron chi connectivity index (χ4n) is 6.65. The van der Waals surface area contributed by atoms with Crippen molar-refractivity contribution in [2.75, 3.05) is 5.32 Å². The Hall–Kier alpha value is -1.02. The predicted molar refractivity (Wildman–Crippen MR) is 114 cm³/mol. The van der Waals surface area contributed by atoms with Crippen LogP contribution in [0.5, 0.6) is 0 Å². The summed E-state index contributed by atoms with van der Waals surface area (Å²) in [4.78, 5) is 0. The Labute approximate surface area is 165 Å². The molecule has 3 N–H and O–H groups in total. The molecule has 2 heteroatoms. The van der Waals surface area contributed by atoms with Gasteiger partial charge in [-0.25, -0.2) is 0 Å². The second kappa shape index (κ2) is 6.79. The average molecular weight is 367 g/mol. The van der Waals surface area contributed by atoms with E-state index in [-0.39, 0.29) is 0 Å². The van der Waals surface area contributed by atoms with Gasteiger partial charge in [-0.1, -0.05) is 26.0 Å². The number of fused-ring (bicyclic) bond motifs is 1. The van der Waals surface area contributed by atoms with E-state index < -0.39 is 0 Å². The summed E-state index contributed by atoms with van der Waals surface area (Å²) in [6.45, 7) is 5.09. The summed E-state index contributed by atoms with van der Waals surface area (Å²) in [6, 6.07) is 10.3. The van der Waals surface area contributed by atoms with Gasteiger partial charge in [0.2, 0.25) is 0 Å². The summed E-state index contributed by atoms with van der Waals surface area (Å²) in [7, 11) is 0. The summed E-state index contributed by atoms with van der Waals surface area (Å²) in [5, 5.41) is 3.62. The fourth-order valence-corrected chi connectivity index (χ4v) is 6.65. The van der Waals surface area contributed by atoms with Crippen LogP contribution < -0.4 is 11.1 Å². The van der Waals surface area contributed by atoms with Gasteiger partial charge in [-0.2, -0.15) is 0 Å². The quantitative estimate of drug-likeness (QED) is 0.654. The van der Waals surface area contributed by atoms with Crippen LogP contribution in [0.15, 0.2) is 24.3 Å². The SMILES string of the molecule is CC1C(CCC2(C)CCC(c3ccc(NC4CC(N)C4)cc3)CC2)C2CC12. The van der Waals surface area contributed by atoms with Crippen molar-refractivity contribution in [2.45, 2.75) is 89.6 Å². The van der Waals surface area contributed by atoms with Gasteiger partial charge in [0.05, 0.1) is 0 Å². The van der Waals surface area contributed by atoms with E-state index in [1.165, 1.54) is 44.2 Å². The van der Waals surface area contributed by atoms with E-state index in [1.54, 1.807) is 12.0 Å². The lowest BCUT2D eigenvalue weighted by atomic mass is 9.64. The Morgan fingerprint density at radius 3 is 2.33 bits per heavy atom. The number of hydrogen-bond acceptors (Lipinski definition) is 2. The molecule has 5 rings (SSSR count). The lowest BCUT2D eigenvalue weighted by Crippen LogP contribution is -2.44. The minimum Gasteiger partial charge on any atom is -0.382 e. The first-order chi connectivity index (χ1) is 13.0. The molecule has 148 valence electrons. The van der Waals surface area contributed by atoms with Gasteiger partial charge in [-0.15, -0.1) is 0 Å². The molecule has 4 saturated carbocycles. The van der Waals surface area contributed by atoms with Gasteiger partial charge >= 0.3 is 0 Å². The summed E-state index contributed by atoms with van der Waals surface area (Å²) < 4.78 is 0. The van der Waals surface area contributed by atoms with E-state index in [0.29, 0.717) is 17.5 Å². The third-order valence-electron chi connectivity index (χ3n) is 8.99. The highest BCUT2D eigenvalue weighted by Crippen LogP contribution is 2.65. The van der Waals surface area contributed by atoms with Crippen LogP contribution in [0, 0.1) is 29.1 Å². The highest BCUT2D eigenvalue weighted by atomic mass is 15.0. The van der Waals surface area contributed by atoms with Crippen molar-refractivity contribution in [3.8, 4) is 0 Å². The molecule has 4 fully saturated rings. The molecule has 0 radical (unpaired) electrons. The molecule has 2 nitrogen and oxygen atoms in total. The minimum atomic E-state index is 0.413. The van der Waals surface area contributed by atoms with E-state index >= 15 is 0 Å². The first-order valence-corrected chi connectivity index (χ1v) is 11.6. The molecule has 0 spiro atoms. The molecule has 27 heavy (non-hydrogen) atoms. The minimum absolute atomic E-state index is 0.413. The number of anilines is 1. The molecule has 4 atom stereocenters. The molecule has 4 aliphatic rings. The summed E-state index contributed by atoms with van der Waals surface area (Å²) in [5.74, 6) is 5.17. The van der Waals surface area contributed by atoms with Gasteiger partial charge in [0, 0.05) is 17.8 Å².